The largest absolute Gasteiger partial charge is 0.352 e. The number of piperidine rings is 1. The molecule has 2 N–H and O–H groups in total. The molecule has 0 aromatic carbocycles. The van der Waals surface area contributed by atoms with Gasteiger partial charge in [0.1, 0.15) is 5.01 Å². The highest BCUT2D eigenvalue weighted by Crippen LogP contribution is 2.27. The molecule has 1 fully saturated rings. The van der Waals surface area contributed by atoms with Crippen LogP contribution in [0.25, 0.3) is 9.88 Å². The molecule has 0 radical (unpaired) electrons. The Bertz CT molecular complexity index is 559. The first-order valence-electron chi connectivity index (χ1n) is 6.79. The van der Waals surface area contributed by atoms with Crippen molar-refractivity contribution < 1.29 is 4.79 Å². The SMILES string of the molecule is O=C(Cc1csc(-c2cccs2)n1)N[C@H]1CCCNC1. The topological polar surface area (TPSA) is 54.0 Å². The number of thiazole rings is 1. The third kappa shape index (κ3) is 3.45. The maximum atomic E-state index is 12.0. The summed E-state index contributed by atoms with van der Waals surface area (Å²) in [4.78, 5) is 17.7. The minimum atomic E-state index is 0.0710. The average molecular weight is 307 g/mol. The highest BCUT2D eigenvalue weighted by atomic mass is 32.1. The predicted molar refractivity (Wildman–Crippen MR) is 83.2 cm³/mol. The minimum Gasteiger partial charge on any atom is -0.352 e. The molecule has 0 bridgehead atoms. The number of amides is 1. The maximum absolute atomic E-state index is 12.0. The van der Waals surface area contributed by atoms with Crippen LogP contribution in [0.15, 0.2) is 22.9 Å². The monoisotopic (exact) mass is 307 g/mol. The first-order valence-corrected chi connectivity index (χ1v) is 8.55. The molecule has 1 saturated heterocycles. The van der Waals surface area contributed by atoms with Crippen LogP contribution in [-0.4, -0.2) is 30.0 Å². The Labute approximate surface area is 126 Å². The molecule has 1 amide bonds. The van der Waals surface area contributed by atoms with E-state index in [9.17, 15) is 4.79 Å². The fourth-order valence-corrected chi connectivity index (χ4v) is 3.95. The van der Waals surface area contributed by atoms with Crippen LogP contribution in [0.4, 0.5) is 0 Å². The summed E-state index contributed by atoms with van der Waals surface area (Å²) in [5.41, 5.74) is 0.861. The summed E-state index contributed by atoms with van der Waals surface area (Å²) in [6, 6.07) is 4.34. The third-order valence-electron chi connectivity index (χ3n) is 3.29. The molecule has 20 heavy (non-hydrogen) atoms. The van der Waals surface area contributed by atoms with Gasteiger partial charge in [0.05, 0.1) is 17.0 Å². The van der Waals surface area contributed by atoms with Crippen molar-refractivity contribution in [2.45, 2.75) is 25.3 Å². The summed E-state index contributed by atoms with van der Waals surface area (Å²) in [6.07, 6.45) is 2.57. The number of hydrogen-bond acceptors (Lipinski definition) is 5. The van der Waals surface area contributed by atoms with E-state index in [0.717, 1.165) is 41.5 Å². The van der Waals surface area contributed by atoms with Gasteiger partial charge in [0.2, 0.25) is 5.91 Å². The van der Waals surface area contributed by atoms with Crippen LogP contribution < -0.4 is 10.6 Å². The standard InChI is InChI=1S/C14H17N3OS2/c18-13(16-10-3-1-5-15-8-10)7-11-9-20-14(17-11)12-4-2-6-19-12/h2,4,6,9-10,15H,1,3,5,7-8H2,(H,16,18)/t10-/m0/s1. The quantitative estimate of drug-likeness (QED) is 0.911. The van der Waals surface area contributed by atoms with Crippen molar-refractivity contribution >= 4 is 28.6 Å². The summed E-state index contributed by atoms with van der Waals surface area (Å²) in [5, 5.41) is 11.4. The lowest BCUT2D eigenvalue weighted by molar-refractivity contribution is -0.121. The molecule has 0 spiro atoms. The van der Waals surface area contributed by atoms with Crippen molar-refractivity contribution in [3.05, 3.63) is 28.6 Å². The van der Waals surface area contributed by atoms with E-state index >= 15 is 0 Å². The molecule has 6 heteroatoms. The van der Waals surface area contributed by atoms with Gasteiger partial charge in [-0.2, -0.15) is 0 Å². The third-order valence-corrected chi connectivity index (χ3v) is 5.22. The van der Waals surface area contributed by atoms with Crippen molar-refractivity contribution in [2.24, 2.45) is 0 Å². The zero-order chi connectivity index (χ0) is 13.8. The van der Waals surface area contributed by atoms with Crippen LogP contribution in [0.2, 0.25) is 0 Å². The Hall–Kier alpha value is -1.24. The first-order chi connectivity index (χ1) is 9.81. The van der Waals surface area contributed by atoms with E-state index in [1.165, 1.54) is 0 Å². The van der Waals surface area contributed by atoms with Gasteiger partial charge < -0.3 is 10.6 Å². The van der Waals surface area contributed by atoms with Crippen LogP contribution in [0.5, 0.6) is 0 Å². The molecule has 2 aromatic heterocycles. The van der Waals surface area contributed by atoms with E-state index in [0.29, 0.717) is 6.42 Å². The van der Waals surface area contributed by atoms with E-state index in [-0.39, 0.29) is 11.9 Å². The molecular formula is C14H17N3OS2. The molecule has 4 nitrogen and oxygen atoms in total. The second-order valence-electron chi connectivity index (χ2n) is 4.91. The molecule has 1 aliphatic rings. The summed E-state index contributed by atoms with van der Waals surface area (Å²) >= 11 is 3.28. The van der Waals surface area contributed by atoms with Crippen LogP contribution in [0.3, 0.4) is 0 Å². The van der Waals surface area contributed by atoms with Crippen LogP contribution in [-0.2, 0) is 11.2 Å². The molecule has 2 aromatic rings. The lowest BCUT2D eigenvalue weighted by atomic mass is 10.1. The van der Waals surface area contributed by atoms with E-state index < -0.39 is 0 Å². The van der Waals surface area contributed by atoms with Crippen molar-refractivity contribution in [3.8, 4) is 9.88 Å². The van der Waals surface area contributed by atoms with Crippen molar-refractivity contribution in [2.75, 3.05) is 13.1 Å². The normalized spacial score (nSPS) is 18.9. The zero-order valence-corrected chi connectivity index (χ0v) is 12.7. The number of thiophene rings is 1. The van der Waals surface area contributed by atoms with Crippen molar-refractivity contribution in [1.82, 2.24) is 15.6 Å². The van der Waals surface area contributed by atoms with Gasteiger partial charge in [0.25, 0.3) is 0 Å². The molecule has 0 unspecified atom stereocenters. The Morgan fingerprint density at radius 2 is 2.45 bits per heavy atom. The molecule has 3 rings (SSSR count). The van der Waals surface area contributed by atoms with E-state index in [1.54, 1.807) is 22.7 Å². The van der Waals surface area contributed by atoms with E-state index in [2.05, 4.69) is 21.7 Å². The molecule has 106 valence electrons. The van der Waals surface area contributed by atoms with E-state index in [1.807, 2.05) is 16.8 Å². The molecule has 0 saturated carbocycles. The Morgan fingerprint density at radius 1 is 1.50 bits per heavy atom. The number of hydrogen-bond donors (Lipinski definition) is 2. The molecule has 1 aliphatic heterocycles. The second-order valence-corrected chi connectivity index (χ2v) is 6.71. The van der Waals surface area contributed by atoms with Gasteiger partial charge >= 0.3 is 0 Å². The number of nitrogens with one attached hydrogen (secondary N) is 2. The summed E-state index contributed by atoms with van der Waals surface area (Å²) in [7, 11) is 0. The first kappa shape index (κ1) is 13.7. The van der Waals surface area contributed by atoms with Gasteiger partial charge in [-0.15, -0.1) is 22.7 Å². The molecule has 3 heterocycles. The average Bonchev–Trinajstić information content (AvgIpc) is 3.10. The zero-order valence-electron chi connectivity index (χ0n) is 11.1. The smallest absolute Gasteiger partial charge is 0.226 e. The van der Waals surface area contributed by atoms with Crippen molar-refractivity contribution in [1.29, 1.82) is 0 Å². The van der Waals surface area contributed by atoms with Crippen molar-refractivity contribution in [3.63, 3.8) is 0 Å². The number of nitrogens with zero attached hydrogens (tertiary/aromatic N) is 1. The van der Waals surface area contributed by atoms with Gasteiger partial charge in [-0.05, 0) is 30.8 Å². The lowest BCUT2D eigenvalue weighted by Crippen LogP contribution is -2.46. The van der Waals surface area contributed by atoms with Gasteiger partial charge in [-0.25, -0.2) is 4.98 Å². The Morgan fingerprint density at radius 3 is 3.20 bits per heavy atom. The highest BCUT2D eigenvalue weighted by molar-refractivity contribution is 7.20. The fourth-order valence-electron chi connectivity index (χ4n) is 2.32. The van der Waals surface area contributed by atoms with E-state index in [4.69, 9.17) is 0 Å². The van der Waals surface area contributed by atoms with Gasteiger partial charge in [-0.3, -0.25) is 4.79 Å². The van der Waals surface area contributed by atoms with Crippen LogP contribution in [0, 0.1) is 0 Å². The van der Waals surface area contributed by atoms with Gasteiger partial charge in [-0.1, -0.05) is 6.07 Å². The van der Waals surface area contributed by atoms with Crippen LogP contribution in [0.1, 0.15) is 18.5 Å². The summed E-state index contributed by atoms with van der Waals surface area (Å²) in [6.45, 7) is 1.94. The highest BCUT2D eigenvalue weighted by Gasteiger charge is 2.16. The summed E-state index contributed by atoms with van der Waals surface area (Å²) < 4.78 is 0. The number of aromatic nitrogens is 1. The fraction of sp³-hybridized carbons (Fsp3) is 0.429. The number of carbonyl (C=O) groups is 1. The maximum Gasteiger partial charge on any atom is 0.226 e. The van der Waals surface area contributed by atoms with Crippen LogP contribution >= 0.6 is 22.7 Å². The Kier molecular flexibility index (Phi) is 4.44. The molecule has 1 atom stereocenters. The minimum absolute atomic E-state index is 0.0710. The summed E-state index contributed by atoms with van der Waals surface area (Å²) in [5.74, 6) is 0.0710. The number of rotatable bonds is 4. The second kappa shape index (κ2) is 6.47. The number of carbonyl (C=O) groups excluding carboxylic acids is 1. The van der Waals surface area contributed by atoms with Gasteiger partial charge in [0.15, 0.2) is 0 Å². The molecule has 0 aliphatic carbocycles. The Balaban J connectivity index is 1.56. The predicted octanol–water partition coefficient (Wildman–Crippen LogP) is 2.28. The van der Waals surface area contributed by atoms with Gasteiger partial charge in [0, 0.05) is 18.0 Å². The molecular weight excluding hydrogens is 290 g/mol. The lowest BCUT2D eigenvalue weighted by Gasteiger charge is -2.23.